The Balaban J connectivity index is 2.53. The first-order valence-corrected chi connectivity index (χ1v) is 5.03. The van der Waals surface area contributed by atoms with Crippen LogP contribution in [0.1, 0.15) is 0 Å². The molecule has 0 spiro atoms. The van der Waals surface area contributed by atoms with Crippen LogP contribution in [-0.2, 0) is 0 Å². The molecule has 0 aromatic carbocycles. The summed E-state index contributed by atoms with van der Waals surface area (Å²) >= 11 is 4.74. The van der Waals surface area contributed by atoms with Crippen LogP contribution in [0.5, 0.6) is 0 Å². The smallest absolute Gasteiger partial charge is 0.101 e. The van der Waals surface area contributed by atoms with E-state index in [2.05, 4.69) is 20.9 Å². The van der Waals surface area contributed by atoms with E-state index in [4.69, 9.17) is 11.1 Å². The van der Waals surface area contributed by atoms with E-state index in [-0.39, 0.29) is 5.84 Å². The van der Waals surface area contributed by atoms with Crippen molar-refractivity contribution < 1.29 is 0 Å². The molecule has 0 radical (unpaired) electrons. The molecule has 1 aromatic heterocycles. The molecule has 1 rings (SSSR count). The second-order valence-corrected chi connectivity index (χ2v) is 4.04. The lowest BCUT2D eigenvalue weighted by molar-refractivity contribution is 1.13. The maximum absolute atomic E-state index is 7.01. The van der Waals surface area contributed by atoms with Gasteiger partial charge < -0.3 is 5.73 Å². The van der Waals surface area contributed by atoms with Crippen molar-refractivity contribution in [2.75, 3.05) is 5.75 Å². The van der Waals surface area contributed by atoms with E-state index in [0.717, 1.165) is 9.50 Å². The van der Waals surface area contributed by atoms with E-state index in [1.807, 2.05) is 12.1 Å². The first-order chi connectivity index (χ1) is 5.68. The average Bonchev–Trinajstić information content (AvgIpc) is 2.03. The standard InChI is InChI=1S/C7H8BrN3S/c8-5-1-2-7(11-3-5)12-4-6(9)10/h1-3H,4H2,(H3,9,10). The van der Waals surface area contributed by atoms with Crippen LogP contribution in [0.2, 0.25) is 0 Å². The summed E-state index contributed by atoms with van der Waals surface area (Å²) in [4.78, 5) is 4.11. The minimum absolute atomic E-state index is 0.171. The number of nitrogens with one attached hydrogen (secondary N) is 1. The predicted octanol–water partition coefficient (Wildman–Crippen LogP) is 1.87. The quantitative estimate of drug-likeness (QED) is 0.486. The lowest BCUT2D eigenvalue weighted by Gasteiger charge is -1.98. The van der Waals surface area contributed by atoms with E-state index in [1.165, 1.54) is 11.8 Å². The Bertz CT molecular complexity index is 272. The molecule has 0 atom stereocenters. The monoisotopic (exact) mass is 245 g/mol. The highest BCUT2D eigenvalue weighted by atomic mass is 79.9. The van der Waals surface area contributed by atoms with Crippen LogP contribution in [0.4, 0.5) is 0 Å². The Morgan fingerprint density at radius 1 is 1.67 bits per heavy atom. The van der Waals surface area contributed by atoms with Crippen LogP contribution in [-0.4, -0.2) is 16.6 Å². The van der Waals surface area contributed by atoms with Gasteiger partial charge in [0.2, 0.25) is 0 Å². The minimum Gasteiger partial charge on any atom is -0.387 e. The molecule has 3 N–H and O–H groups in total. The number of amidine groups is 1. The van der Waals surface area contributed by atoms with Crippen LogP contribution in [0.3, 0.4) is 0 Å². The Labute approximate surface area is 83.4 Å². The highest BCUT2D eigenvalue weighted by Gasteiger charge is 1.96. The van der Waals surface area contributed by atoms with Gasteiger partial charge in [-0.15, -0.1) is 0 Å². The third kappa shape index (κ3) is 3.23. The van der Waals surface area contributed by atoms with Crippen LogP contribution < -0.4 is 5.73 Å². The van der Waals surface area contributed by atoms with Gasteiger partial charge in [-0.2, -0.15) is 0 Å². The van der Waals surface area contributed by atoms with Gasteiger partial charge >= 0.3 is 0 Å². The van der Waals surface area contributed by atoms with Gasteiger partial charge in [0.25, 0.3) is 0 Å². The van der Waals surface area contributed by atoms with Gasteiger partial charge in [-0.05, 0) is 28.1 Å². The largest absolute Gasteiger partial charge is 0.387 e. The SMILES string of the molecule is N=C(N)CSc1ccc(Br)cn1. The summed E-state index contributed by atoms with van der Waals surface area (Å²) < 4.78 is 0.953. The fourth-order valence-corrected chi connectivity index (χ4v) is 1.43. The summed E-state index contributed by atoms with van der Waals surface area (Å²) in [5.74, 6) is 0.666. The minimum atomic E-state index is 0.171. The van der Waals surface area contributed by atoms with Gasteiger partial charge in [0.1, 0.15) is 5.84 Å². The Morgan fingerprint density at radius 3 is 2.92 bits per heavy atom. The second kappa shape index (κ2) is 4.47. The van der Waals surface area contributed by atoms with Crippen LogP contribution >= 0.6 is 27.7 Å². The van der Waals surface area contributed by atoms with Gasteiger partial charge in [0.05, 0.1) is 10.8 Å². The maximum Gasteiger partial charge on any atom is 0.101 e. The number of rotatable bonds is 3. The Kier molecular flexibility index (Phi) is 3.55. The Hall–Kier alpha value is -0.550. The van der Waals surface area contributed by atoms with Crippen LogP contribution in [0, 0.1) is 5.41 Å². The molecule has 0 unspecified atom stereocenters. The summed E-state index contributed by atoms with van der Waals surface area (Å²) in [5, 5.41) is 7.89. The fourth-order valence-electron chi connectivity index (χ4n) is 0.599. The number of nitrogens with zero attached hydrogens (tertiary/aromatic N) is 1. The van der Waals surface area contributed by atoms with Crippen molar-refractivity contribution in [1.82, 2.24) is 4.98 Å². The second-order valence-electron chi connectivity index (χ2n) is 2.13. The van der Waals surface area contributed by atoms with Crippen molar-refractivity contribution in [1.29, 1.82) is 5.41 Å². The molecule has 0 aliphatic rings. The van der Waals surface area contributed by atoms with Gasteiger partial charge in [-0.1, -0.05) is 11.8 Å². The van der Waals surface area contributed by atoms with Crippen molar-refractivity contribution in [2.45, 2.75) is 5.03 Å². The zero-order valence-corrected chi connectivity index (χ0v) is 8.65. The number of hydrogen-bond donors (Lipinski definition) is 2. The van der Waals surface area contributed by atoms with Crippen molar-refractivity contribution >= 4 is 33.5 Å². The molecule has 0 saturated heterocycles. The van der Waals surface area contributed by atoms with E-state index < -0.39 is 0 Å². The highest BCUT2D eigenvalue weighted by Crippen LogP contribution is 2.16. The number of aromatic nitrogens is 1. The molecule has 0 saturated carbocycles. The zero-order chi connectivity index (χ0) is 8.97. The van der Waals surface area contributed by atoms with Crippen LogP contribution in [0.25, 0.3) is 0 Å². The first-order valence-electron chi connectivity index (χ1n) is 3.26. The fraction of sp³-hybridized carbons (Fsp3) is 0.143. The molecule has 0 amide bonds. The maximum atomic E-state index is 7.01. The van der Waals surface area contributed by atoms with E-state index in [9.17, 15) is 0 Å². The summed E-state index contributed by atoms with van der Waals surface area (Å²) in [6.45, 7) is 0. The Morgan fingerprint density at radius 2 is 2.42 bits per heavy atom. The van der Waals surface area contributed by atoms with Gasteiger partial charge in [-0.3, -0.25) is 5.41 Å². The molecule has 0 aliphatic heterocycles. The number of thioether (sulfide) groups is 1. The van der Waals surface area contributed by atoms with Crippen molar-refractivity contribution in [3.8, 4) is 0 Å². The number of pyridine rings is 1. The normalized spacial score (nSPS) is 9.75. The van der Waals surface area contributed by atoms with Crippen molar-refractivity contribution in [3.05, 3.63) is 22.8 Å². The topological polar surface area (TPSA) is 62.8 Å². The number of halogens is 1. The lowest BCUT2D eigenvalue weighted by Crippen LogP contribution is -2.11. The summed E-state index contributed by atoms with van der Waals surface area (Å²) in [7, 11) is 0. The van der Waals surface area contributed by atoms with Crippen LogP contribution in [0.15, 0.2) is 27.8 Å². The summed E-state index contributed by atoms with van der Waals surface area (Å²) in [5.41, 5.74) is 5.20. The summed E-state index contributed by atoms with van der Waals surface area (Å²) in [6, 6.07) is 3.80. The molecular formula is C7H8BrN3S. The van der Waals surface area contributed by atoms with Gasteiger partial charge in [-0.25, -0.2) is 4.98 Å². The average molecular weight is 246 g/mol. The molecule has 3 nitrogen and oxygen atoms in total. The number of hydrogen-bond acceptors (Lipinski definition) is 3. The van der Waals surface area contributed by atoms with E-state index in [1.54, 1.807) is 6.20 Å². The third-order valence-corrected chi connectivity index (χ3v) is 2.54. The van der Waals surface area contributed by atoms with Gasteiger partial charge in [0, 0.05) is 10.7 Å². The molecule has 1 aromatic rings. The molecular weight excluding hydrogens is 238 g/mol. The van der Waals surface area contributed by atoms with Crippen molar-refractivity contribution in [3.63, 3.8) is 0 Å². The van der Waals surface area contributed by atoms with E-state index in [0.29, 0.717) is 5.75 Å². The van der Waals surface area contributed by atoms with Crippen molar-refractivity contribution in [2.24, 2.45) is 5.73 Å². The molecule has 1 heterocycles. The molecule has 12 heavy (non-hydrogen) atoms. The molecule has 0 aliphatic carbocycles. The predicted molar refractivity (Wildman–Crippen MR) is 54.6 cm³/mol. The van der Waals surface area contributed by atoms with Gasteiger partial charge in [0.15, 0.2) is 0 Å². The highest BCUT2D eigenvalue weighted by molar-refractivity contribution is 9.10. The number of nitrogens with two attached hydrogens (primary N) is 1. The molecule has 0 fully saturated rings. The molecule has 64 valence electrons. The zero-order valence-electron chi connectivity index (χ0n) is 6.25. The summed E-state index contributed by atoms with van der Waals surface area (Å²) in [6.07, 6.45) is 1.72. The van der Waals surface area contributed by atoms with E-state index >= 15 is 0 Å². The molecule has 0 bridgehead atoms. The first kappa shape index (κ1) is 9.54. The third-order valence-electron chi connectivity index (χ3n) is 1.08. The lowest BCUT2D eigenvalue weighted by atomic mass is 10.5. The molecule has 5 heteroatoms.